The second-order valence-corrected chi connectivity index (χ2v) is 4.97. The Hall–Kier alpha value is -1.39. The van der Waals surface area contributed by atoms with E-state index >= 15 is 0 Å². The SMILES string of the molecule is OC1CCN(c2nccc3cnc(Cl)cc23)CC1. The van der Waals surface area contributed by atoms with Gasteiger partial charge in [-0.15, -0.1) is 0 Å². The van der Waals surface area contributed by atoms with E-state index in [0.29, 0.717) is 5.15 Å². The highest BCUT2D eigenvalue weighted by Gasteiger charge is 2.19. The first-order valence-corrected chi connectivity index (χ1v) is 6.45. The first-order chi connectivity index (χ1) is 8.74. The van der Waals surface area contributed by atoms with Gasteiger partial charge in [0.1, 0.15) is 11.0 Å². The number of hydrogen-bond donors (Lipinski definition) is 1. The number of rotatable bonds is 1. The van der Waals surface area contributed by atoms with Crippen molar-refractivity contribution in [1.82, 2.24) is 9.97 Å². The molecule has 0 bridgehead atoms. The fraction of sp³-hybridized carbons (Fsp3) is 0.385. The van der Waals surface area contributed by atoms with Crippen molar-refractivity contribution < 1.29 is 5.11 Å². The van der Waals surface area contributed by atoms with Gasteiger partial charge in [-0.25, -0.2) is 9.97 Å². The Balaban J connectivity index is 2.03. The molecule has 18 heavy (non-hydrogen) atoms. The molecule has 2 aromatic rings. The van der Waals surface area contributed by atoms with Crippen molar-refractivity contribution in [2.45, 2.75) is 18.9 Å². The van der Waals surface area contributed by atoms with Crippen molar-refractivity contribution in [3.05, 3.63) is 29.7 Å². The number of piperidine rings is 1. The van der Waals surface area contributed by atoms with E-state index in [1.807, 2.05) is 12.1 Å². The lowest BCUT2D eigenvalue weighted by molar-refractivity contribution is 0.145. The van der Waals surface area contributed by atoms with E-state index in [2.05, 4.69) is 14.9 Å². The van der Waals surface area contributed by atoms with Crippen LogP contribution in [0.4, 0.5) is 5.82 Å². The Bertz CT molecular complexity index is 567. The van der Waals surface area contributed by atoms with Gasteiger partial charge in [-0.05, 0) is 25.0 Å². The molecule has 1 saturated heterocycles. The molecule has 1 aliphatic heterocycles. The minimum atomic E-state index is -0.179. The largest absolute Gasteiger partial charge is 0.393 e. The molecule has 0 saturated carbocycles. The highest BCUT2D eigenvalue weighted by Crippen LogP contribution is 2.27. The third-order valence-electron chi connectivity index (χ3n) is 3.36. The molecule has 1 fully saturated rings. The van der Waals surface area contributed by atoms with Crippen molar-refractivity contribution in [2.75, 3.05) is 18.0 Å². The van der Waals surface area contributed by atoms with E-state index in [4.69, 9.17) is 11.6 Å². The standard InChI is InChI=1S/C13H14ClN3O/c14-12-7-11-9(8-16-12)1-4-15-13(11)17-5-2-10(18)3-6-17/h1,4,7-8,10,18H,2-3,5-6H2. The summed E-state index contributed by atoms with van der Waals surface area (Å²) < 4.78 is 0. The van der Waals surface area contributed by atoms with E-state index in [0.717, 1.165) is 42.5 Å². The summed E-state index contributed by atoms with van der Waals surface area (Å²) in [5.41, 5.74) is 0. The average Bonchev–Trinajstić information content (AvgIpc) is 2.39. The van der Waals surface area contributed by atoms with Gasteiger partial charge in [-0.2, -0.15) is 0 Å². The Morgan fingerprint density at radius 3 is 2.83 bits per heavy atom. The van der Waals surface area contributed by atoms with Crippen LogP contribution in [0.3, 0.4) is 0 Å². The number of pyridine rings is 2. The molecule has 5 heteroatoms. The summed E-state index contributed by atoms with van der Waals surface area (Å²) in [6.45, 7) is 1.65. The fourth-order valence-electron chi connectivity index (χ4n) is 2.35. The van der Waals surface area contributed by atoms with E-state index in [1.165, 1.54) is 0 Å². The molecule has 0 spiro atoms. The predicted octanol–water partition coefficient (Wildman–Crippen LogP) is 2.24. The molecular weight excluding hydrogens is 250 g/mol. The maximum absolute atomic E-state index is 9.55. The lowest BCUT2D eigenvalue weighted by Crippen LogP contribution is -2.36. The van der Waals surface area contributed by atoms with Gasteiger partial charge in [-0.1, -0.05) is 11.6 Å². The molecule has 1 N–H and O–H groups in total. The van der Waals surface area contributed by atoms with Gasteiger partial charge in [-0.3, -0.25) is 0 Å². The number of fused-ring (bicyclic) bond motifs is 1. The average molecular weight is 264 g/mol. The van der Waals surface area contributed by atoms with Gasteiger partial charge in [0.25, 0.3) is 0 Å². The van der Waals surface area contributed by atoms with Crippen molar-refractivity contribution in [3.63, 3.8) is 0 Å². The van der Waals surface area contributed by atoms with Crippen LogP contribution >= 0.6 is 11.6 Å². The molecule has 0 unspecified atom stereocenters. The minimum Gasteiger partial charge on any atom is -0.393 e. The van der Waals surface area contributed by atoms with Crippen molar-refractivity contribution >= 4 is 28.2 Å². The molecule has 0 atom stereocenters. The van der Waals surface area contributed by atoms with E-state index < -0.39 is 0 Å². The van der Waals surface area contributed by atoms with E-state index in [9.17, 15) is 5.11 Å². The molecule has 1 aliphatic rings. The number of aromatic nitrogens is 2. The molecule has 94 valence electrons. The van der Waals surface area contributed by atoms with Crippen LogP contribution in [0, 0.1) is 0 Å². The van der Waals surface area contributed by atoms with Crippen LogP contribution in [0.2, 0.25) is 5.15 Å². The Labute approximate surface area is 110 Å². The zero-order valence-corrected chi connectivity index (χ0v) is 10.6. The fourth-order valence-corrected chi connectivity index (χ4v) is 2.51. The lowest BCUT2D eigenvalue weighted by atomic mass is 10.1. The van der Waals surface area contributed by atoms with Gasteiger partial charge < -0.3 is 10.0 Å². The Morgan fingerprint density at radius 1 is 1.28 bits per heavy atom. The summed E-state index contributed by atoms with van der Waals surface area (Å²) in [6.07, 6.45) is 4.95. The Kier molecular flexibility index (Phi) is 3.06. The van der Waals surface area contributed by atoms with Crippen molar-refractivity contribution in [1.29, 1.82) is 0 Å². The zero-order chi connectivity index (χ0) is 12.5. The normalized spacial score (nSPS) is 17.3. The first-order valence-electron chi connectivity index (χ1n) is 6.07. The van der Waals surface area contributed by atoms with Crippen molar-refractivity contribution in [3.8, 4) is 0 Å². The predicted molar refractivity (Wildman–Crippen MR) is 72.0 cm³/mol. The second kappa shape index (κ2) is 4.71. The zero-order valence-electron chi connectivity index (χ0n) is 9.88. The van der Waals surface area contributed by atoms with Gasteiger partial charge in [0.2, 0.25) is 0 Å². The number of aliphatic hydroxyl groups excluding tert-OH is 1. The smallest absolute Gasteiger partial charge is 0.136 e. The van der Waals surface area contributed by atoms with Crippen molar-refractivity contribution in [2.24, 2.45) is 0 Å². The third kappa shape index (κ3) is 2.13. The maximum atomic E-state index is 9.55. The van der Waals surface area contributed by atoms with Crippen LogP contribution in [0.25, 0.3) is 10.8 Å². The van der Waals surface area contributed by atoms with Crippen LogP contribution in [-0.2, 0) is 0 Å². The number of halogens is 1. The number of anilines is 1. The summed E-state index contributed by atoms with van der Waals surface area (Å²) in [7, 11) is 0. The van der Waals surface area contributed by atoms with Crippen LogP contribution in [-0.4, -0.2) is 34.3 Å². The van der Waals surface area contributed by atoms with E-state index in [1.54, 1.807) is 12.4 Å². The molecule has 4 nitrogen and oxygen atoms in total. The summed E-state index contributed by atoms with van der Waals surface area (Å²) >= 11 is 5.96. The maximum Gasteiger partial charge on any atom is 0.136 e. The van der Waals surface area contributed by atoms with Crippen LogP contribution in [0.15, 0.2) is 24.5 Å². The van der Waals surface area contributed by atoms with Gasteiger partial charge in [0.15, 0.2) is 0 Å². The van der Waals surface area contributed by atoms with Gasteiger partial charge in [0, 0.05) is 36.3 Å². The van der Waals surface area contributed by atoms with E-state index in [-0.39, 0.29) is 6.10 Å². The van der Waals surface area contributed by atoms with Gasteiger partial charge in [0.05, 0.1) is 6.10 Å². The monoisotopic (exact) mass is 263 g/mol. The van der Waals surface area contributed by atoms with Crippen LogP contribution in [0.1, 0.15) is 12.8 Å². The molecule has 3 rings (SSSR count). The molecule has 2 aromatic heterocycles. The minimum absolute atomic E-state index is 0.179. The number of hydrogen-bond acceptors (Lipinski definition) is 4. The topological polar surface area (TPSA) is 49.2 Å². The molecule has 0 aliphatic carbocycles. The van der Waals surface area contributed by atoms with Gasteiger partial charge >= 0.3 is 0 Å². The third-order valence-corrected chi connectivity index (χ3v) is 3.56. The number of aliphatic hydroxyl groups is 1. The molecule has 0 amide bonds. The molecule has 0 radical (unpaired) electrons. The summed E-state index contributed by atoms with van der Waals surface area (Å²) in [5, 5.41) is 12.1. The molecule has 3 heterocycles. The first kappa shape index (κ1) is 11.7. The highest BCUT2D eigenvalue weighted by atomic mass is 35.5. The second-order valence-electron chi connectivity index (χ2n) is 4.58. The lowest BCUT2D eigenvalue weighted by Gasteiger charge is -2.31. The molecular formula is C13H14ClN3O. The quantitative estimate of drug-likeness (QED) is 0.802. The summed E-state index contributed by atoms with van der Waals surface area (Å²) in [4.78, 5) is 10.7. The van der Waals surface area contributed by atoms with Crippen LogP contribution < -0.4 is 4.90 Å². The summed E-state index contributed by atoms with van der Waals surface area (Å²) in [6, 6.07) is 3.78. The number of nitrogens with zero attached hydrogens (tertiary/aromatic N) is 3. The highest BCUT2D eigenvalue weighted by molar-refractivity contribution is 6.30. The van der Waals surface area contributed by atoms with Crippen LogP contribution in [0.5, 0.6) is 0 Å². The molecule has 0 aromatic carbocycles. The summed E-state index contributed by atoms with van der Waals surface area (Å²) in [5.74, 6) is 0.934. The Morgan fingerprint density at radius 2 is 2.06 bits per heavy atom.